The Balaban J connectivity index is 1.52. The second kappa shape index (κ2) is 9.31. The molecule has 5 nitrogen and oxygen atoms in total. The number of carbonyl (C=O) groups excluding carboxylic acids is 2. The molecule has 6 heteroatoms. The van der Waals surface area contributed by atoms with Gasteiger partial charge in [0.2, 0.25) is 0 Å². The lowest BCUT2D eigenvalue weighted by atomic mass is 9.88. The van der Waals surface area contributed by atoms with Gasteiger partial charge in [-0.05, 0) is 61.6 Å². The molecule has 3 N–H and O–H groups in total. The summed E-state index contributed by atoms with van der Waals surface area (Å²) in [6.07, 6.45) is 5.32. The molecule has 4 rings (SSSR count). The van der Waals surface area contributed by atoms with Gasteiger partial charge in [-0.1, -0.05) is 32.0 Å². The topological polar surface area (TPSA) is 62.6 Å². The molecule has 0 radical (unpaired) electrons. The van der Waals surface area contributed by atoms with Crippen molar-refractivity contribution in [2.24, 2.45) is 11.8 Å². The zero-order valence-corrected chi connectivity index (χ0v) is 18.7. The van der Waals surface area contributed by atoms with Gasteiger partial charge >= 0.3 is 0 Å². The molecular formula is C24H32N3O2S+. The van der Waals surface area contributed by atoms with Gasteiger partial charge in [-0.3, -0.25) is 9.59 Å². The number of likely N-dealkylation sites (tertiary alicyclic amines) is 1. The lowest BCUT2D eigenvalue weighted by Crippen LogP contribution is -3.14. The summed E-state index contributed by atoms with van der Waals surface area (Å²) in [5.41, 5.74) is 2.57. The first kappa shape index (κ1) is 21.1. The van der Waals surface area contributed by atoms with Gasteiger partial charge in [0, 0.05) is 10.6 Å². The maximum Gasteiger partial charge on any atom is 0.280 e. The number of piperidine rings is 1. The van der Waals surface area contributed by atoms with E-state index in [9.17, 15) is 9.59 Å². The molecule has 2 amide bonds. The molecule has 30 heavy (non-hydrogen) atoms. The monoisotopic (exact) mass is 426 g/mol. The highest BCUT2D eigenvalue weighted by molar-refractivity contribution is 7.17. The van der Waals surface area contributed by atoms with Gasteiger partial charge in [-0.2, -0.15) is 0 Å². The quantitative estimate of drug-likeness (QED) is 0.686. The standard InChI is InChI=1S/C24H31N3O2S/c1-16-10-12-27(13-11-16)15-21(28)26-24-22(19-9-8-17(2)14-20(19)30-24)23(29)25-18-6-4-3-5-7-18/h3-7,16-17H,8-15H2,1-2H3,(H,25,29)(H,26,28)/p+1/t17-/m0/s1. The number of thiophene rings is 1. The fourth-order valence-corrected chi connectivity index (χ4v) is 5.96. The number of rotatable bonds is 5. The molecule has 1 fully saturated rings. The Kier molecular flexibility index (Phi) is 6.54. The molecule has 1 aromatic heterocycles. The SMILES string of the molecule is CC1CC[NH+](CC(=O)Nc2sc3c(c2C(=O)Nc2ccccc2)CC[C@H](C)C3)CC1. The number of benzene rings is 1. The van der Waals surface area contributed by atoms with E-state index < -0.39 is 0 Å². The van der Waals surface area contributed by atoms with E-state index in [1.54, 1.807) is 11.3 Å². The first-order valence-electron chi connectivity index (χ1n) is 11.1. The van der Waals surface area contributed by atoms with E-state index in [0.717, 1.165) is 54.5 Å². The molecule has 2 aromatic rings. The number of quaternary nitrogens is 1. The molecular weight excluding hydrogens is 394 g/mol. The molecule has 2 heterocycles. The van der Waals surface area contributed by atoms with Crippen LogP contribution in [0.15, 0.2) is 30.3 Å². The van der Waals surface area contributed by atoms with Crippen molar-refractivity contribution in [2.45, 2.75) is 46.0 Å². The zero-order valence-electron chi connectivity index (χ0n) is 17.9. The van der Waals surface area contributed by atoms with Crippen molar-refractivity contribution >= 4 is 33.8 Å². The molecule has 0 saturated carbocycles. The van der Waals surface area contributed by atoms with Gasteiger partial charge < -0.3 is 15.5 Å². The summed E-state index contributed by atoms with van der Waals surface area (Å²) in [6, 6.07) is 9.52. The van der Waals surface area contributed by atoms with Crippen LogP contribution in [-0.2, 0) is 17.6 Å². The van der Waals surface area contributed by atoms with Gasteiger partial charge in [-0.15, -0.1) is 11.3 Å². The molecule has 1 saturated heterocycles. The van der Waals surface area contributed by atoms with Crippen LogP contribution in [0.2, 0.25) is 0 Å². The third kappa shape index (κ3) is 4.93. The first-order chi connectivity index (χ1) is 14.5. The number of amides is 2. The summed E-state index contributed by atoms with van der Waals surface area (Å²) in [5, 5.41) is 6.84. The van der Waals surface area contributed by atoms with Gasteiger partial charge in [-0.25, -0.2) is 0 Å². The van der Waals surface area contributed by atoms with E-state index >= 15 is 0 Å². The van der Waals surface area contributed by atoms with Crippen molar-refractivity contribution in [3.8, 4) is 0 Å². The molecule has 1 aromatic carbocycles. The van der Waals surface area contributed by atoms with E-state index in [0.29, 0.717) is 18.0 Å². The van der Waals surface area contributed by atoms with Gasteiger partial charge in [0.25, 0.3) is 11.8 Å². The molecule has 1 aliphatic heterocycles. The van der Waals surface area contributed by atoms with Crippen molar-refractivity contribution < 1.29 is 14.5 Å². The van der Waals surface area contributed by atoms with E-state index in [1.807, 2.05) is 30.3 Å². The van der Waals surface area contributed by atoms with Crippen LogP contribution < -0.4 is 15.5 Å². The number of hydrogen-bond acceptors (Lipinski definition) is 3. The van der Waals surface area contributed by atoms with Crippen LogP contribution in [-0.4, -0.2) is 31.4 Å². The summed E-state index contributed by atoms with van der Waals surface area (Å²) in [6.45, 7) is 7.12. The predicted octanol–water partition coefficient (Wildman–Crippen LogP) is 3.38. The van der Waals surface area contributed by atoms with Crippen molar-refractivity contribution in [2.75, 3.05) is 30.3 Å². The summed E-state index contributed by atoms with van der Waals surface area (Å²) >= 11 is 1.59. The van der Waals surface area contributed by atoms with Crippen molar-refractivity contribution in [1.82, 2.24) is 0 Å². The highest BCUT2D eigenvalue weighted by Gasteiger charge is 2.29. The first-order valence-corrected chi connectivity index (χ1v) is 12.0. The van der Waals surface area contributed by atoms with E-state index in [2.05, 4.69) is 24.5 Å². The average Bonchev–Trinajstić information content (AvgIpc) is 3.07. The molecule has 0 spiro atoms. The molecule has 0 unspecified atom stereocenters. The molecule has 1 atom stereocenters. The van der Waals surface area contributed by atoms with Crippen molar-refractivity contribution in [3.05, 3.63) is 46.3 Å². The van der Waals surface area contributed by atoms with Gasteiger partial charge in [0.05, 0.1) is 18.7 Å². The number of anilines is 2. The number of hydrogen-bond donors (Lipinski definition) is 3. The summed E-state index contributed by atoms with van der Waals surface area (Å²) in [5.74, 6) is 1.27. The molecule has 1 aliphatic carbocycles. The van der Waals surface area contributed by atoms with Gasteiger partial charge in [0.15, 0.2) is 6.54 Å². The minimum atomic E-state index is -0.123. The van der Waals surface area contributed by atoms with Gasteiger partial charge in [0.1, 0.15) is 5.00 Å². The van der Waals surface area contributed by atoms with Crippen LogP contribution in [0, 0.1) is 11.8 Å². The summed E-state index contributed by atoms with van der Waals surface area (Å²) < 4.78 is 0. The number of fused-ring (bicyclic) bond motifs is 1. The van der Waals surface area contributed by atoms with E-state index in [-0.39, 0.29) is 11.8 Å². The second-order valence-electron chi connectivity index (χ2n) is 9.03. The Bertz CT molecular complexity index is 901. The Morgan fingerprint density at radius 2 is 1.77 bits per heavy atom. The molecule has 2 aliphatic rings. The third-order valence-corrected chi connectivity index (χ3v) is 7.59. The lowest BCUT2D eigenvalue weighted by molar-refractivity contribution is -0.897. The average molecular weight is 427 g/mol. The largest absolute Gasteiger partial charge is 0.327 e. The Labute approximate surface area is 182 Å². The smallest absolute Gasteiger partial charge is 0.280 e. The van der Waals surface area contributed by atoms with Crippen LogP contribution in [0.1, 0.15) is 53.9 Å². The summed E-state index contributed by atoms with van der Waals surface area (Å²) in [4.78, 5) is 28.6. The maximum absolute atomic E-state index is 13.2. The number of para-hydroxylation sites is 1. The molecule has 160 valence electrons. The molecule has 0 bridgehead atoms. The summed E-state index contributed by atoms with van der Waals surface area (Å²) in [7, 11) is 0. The Morgan fingerprint density at radius 3 is 2.50 bits per heavy atom. The minimum Gasteiger partial charge on any atom is -0.327 e. The van der Waals surface area contributed by atoms with Crippen LogP contribution in [0.4, 0.5) is 10.7 Å². The fourth-order valence-electron chi connectivity index (χ4n) is 4.54. The second-order valence-corrected chi connectivity index (χ2v) is 10.1. The van der Waals surface area contributed by atoms with Crippen molar-refractivity contribution in [3.63, 3.8) is 0 Å². The van der Waals surface area contributed by atoms with Crippen LogP contribution in [0.3, 0.4) is 0 Å². The normalized spacial score (nSPS) is 23.5. The zero-order chi connectivity index (χ0) is 21.1. The Morgan fingerprint density at radius 1 is 1.03 bits per heavy atom. The highest BCUT2D eigenvalue weighted by Crippen LogP contribution is 2.40. The highest BCUT2D eigenvalue weighted by atomic mass is 32.1. The van der Waals surface area contributed by atoms with E-state index in [4.69, 9.17) is 0 Å². The van der Waals surface area contributed by atoms with Crippen LogP contribution >= 0.6 is 11.3 Å². The number of nitrogens with one attached hydrogen (secondary N) is 3. The Hall–Kier alpha value is -2.18. The minimum absolute atomic E-state index is 0.0139. The van der Waals surface area contributed by atoms with E-state index in [1.165, 1.54) is 22.6 Å². The van der Waals surface area contributed by atoms with Crippen LogP contribution in [0.25, 0.3) is 0 Å². The lowest BCUT2D eigenvalue weighted by Gasteiger charge is -2.26. The maximum atomic E-state index is 13.2. The third-order valence-electron chi connectivity index (χ3n) is 6.42. The predicted molar refractivity (Wildman–Crippen MR) is 122 cm³/mol. The number of carbonyl (C=O) groups is 2. The fraction of sp³-hybridized carbons (Fsp3) is 0.500. The van der Waals surface area contributed by atoms with Crippen molar-refractivity contribution in [1.29, 1.82) is 0 Å². The van der Waals surface area contributed by atoms with Crippen LogP contribution in [0.5, 0.6) is 0 Å².